The molecule has 0 aliphatic carbocycles. The molecule has 0 unspecified atom stereocenters. The highest BCUT2D eigenvalue weighted by Crippen LogP contribution is 2.21. The Morgan fingerprint density at radius 3 is 2.62 bits per heavy atom. The van der Waals surface area contributed by atoms with Crippen LogP contribution in [0.2, 0.25) is 0 Å². The van der Waals surface area contributed by atoms with Crippen LogP contribution in [0.15, 0.2) is 48.8 Å². The minimum Gasteiger partial charge on any atom is -0.341 e. The average Bonchev–Trinajstić information content (AvgIpc) is 3.12. The molecule has 0 atom stereocenters. The lowest BCUT2D eigenvalue weighted by atomic mass is 10.1. The molecule has 2 aromatic heterocycles. The fraction of sp³-hybridized carbons (Fsp3) is 0.348. The zero-order chi connectivity index (χ0) is 20.4. The summed E-state index contributed by atoms with van der Waals surface area (Å²) in [6, 6.07) is 11.4. The molecule has 0 N–H and O–H groups in total. The van der Waals surface area contributed by atoms with Crippen LogP contribution in [0, 0.1) is 13.8 Å². The predicted octanol–water partition coefficient (Wildman–Crippen LogP) is 3.61. The van der Waals surface area contributed by atoms with Crippen molar-refractivity contribution in [3.05, 3.63) is 65.7 Å². The molecule has 29 heavy (non-hydrogen) atoms. The number of fused-ring (bicyclic) bond motifs is 1. The molecule has 0 radical (unpaired) electrons. The number of nitrogens with zero attached hydrogens (tertiary/aromatic N) is 4. The van der Waals surface area contributed by atoms with E-state index in [1.54, 1.807) is 23.4 Å². The van der Waals surface area contributed by atoms with E-state index in [1.165, 1.54) is 0 Å². The normalized spacial score (nSPS) is 14.2. The number of amides is 2. The van der Waals surface area contributed by atoms with Crippen LogP contribution < -0.4 is 4.90 Å². The van der Waals surface area contributed by atoms with Gasteiger partial charge in [0.2, 0.25) is 5.91 Å². The maximum atomic E-state index is 13.5. The second-order valence-electron chi connectivity index (χ2n) is 7.69. The molecule has 1 fully saturated rings. The molecule has 1 aliphatic rings. The van der Waals surface area contributed by atoms with Crippen molar-refractivity contribution in [1.82, 2.24) is 14.3 Å². The summed E-state index contributed by atoms with van der Waals surface area (Å²) in [6.07, 6.45) is 6.80. The van der Waals surface area contributed by atoms with Crippen LogP contribution in [0.4, 0.5) is 5.69 Å². The maximum Gasteiger partial charge on any atom is 0.260 e. The van der Waals surface area contributed by atoms with E-state index < -0.39 is 0 Å². The van der Waals surface area contributed by atoms with E-state index in [2.05, 4.69) is 4.98 Å². The minimum absolute atomic E-state index is 0.000513. The molecule has 2 amide bonds. The molecule has 150 valence electrons. The number of carbonyl (C=O) groups is 2. The van der Waals surface area contributed by atoms with Crippen LogP contribution in [0.3, 0.4) is 0 Å². The van der Waals surface area contributed by atoms with Crippen LogP contribution in [0.1, 0.15) is 41.0 Å². The number of rotatable bonds is 4. The molecule has 1 aromatic carbocycles. The highest BCUT2D eigenvalue weighted by atomic mass is 16.2. The summed E-state index contributed by atoms with van der Waals surface area (Å²) in [6.45, 7) is 5.48. The maximum absolute atomic E-state index is 13.5. The number of imidazole rings is 1. The molecule has 1 aliphatic heterocycles. The number of likely N-dealkylation sites (tertiary alicyclic amines) is 1. The van der Waals surface area contributed by atoms with Gasteiger partial charge in [-0.2, -0.15) is 0 Å². The van der Waals surface area contributed by atoms with E-state index in [4.69, 9.17) is 0 Å². The molecule has 4 rings (SSSR count). The second-order valence-corrected chi connectivity index (χ2v) is 7.69. The van der Waals surface area contributed by atoms with Crippen LogP contribution in [0.25, 0.3) is 5.52 Å². The van der Waals surface area contributed by atoms with E-state index in [0.717, 1.165) is 54.9 Å². The van der Waals surface area contributed by atoms with E-state index in [9.17, 15) is 9.59 Å². The van der Waals surface area contributed by atoms with Gasteiger partial charge in [-0.25, -0.2) is 4.98 Å². The molecule has 6 nitrogen and oxygen atoms in total. The standard InChI is InChI=1S/C23H26N4O2/c1-17-7-6-8-20(13-17)27(16-22(28)25-11-4-3-5-12-25)23(29)19-9-10-21-14-24-18(2)26(21)15-19/h6-10,13-15H,3-5,11-12,16H2,1-2H3. The summed E-state index contributed by atoms with van der Waals surface area (Å²) in [5.74, 6) is 0.636. The first-order valence-electron chi connectivity index (χ1n) is 10.1. The van der Waals surface area contributed by atoms with Gasteiger partial charge in [-0.05, 0) is 62.9 Å². The van der Waals surface area contributed by atoms with Crippen molar-refractivity contribution in [2.75, 3.05) is 24.5 Å². The van der Waals surface area contributed by atoms with Crippen molar-refractivity contribution in [2.24, 2.45) is 0 Å². The molecular weight excluding hydrogens is 364 g/mol. The molecule has 6 heteroatoms. The zero-order valence-electron chi connectivity index (χ0n) is 17.0. The summed E-state index contributed by atoms with van der Waals surface area (Å²) in [5.41, 5.74) is 3.26. The van der Waals surface area contributed by atoms with Crippen LogP contribution in [-0.4, -0.2) is 45.7 Å². The molecule has 1 saturated heterocycles. The largest absolute Gasteiger partial charge is 0.341 e. The van der Waals surface area contributed by atoms with Gasteiger partial charge in [-0.3, -0.25) is 14.5 Å². The average molecular weight is 390 g/mol. The first-order valence-corrected chi connectivity index (χ1v) is 10.1. The molecule has 0 spiro atoms. The monoisotopic (exact) mass is 390 g/mol. The molecule has 0 saturated carbocycles. The summed E-state index contributed by atoms with van der Waals surface area (Å²) in [4.78, 5) is 34.2. The Labute approximate surface area is 170 Å². The molecule has 3 heterocycles. The third kappa shape index (κ3) is 4.01. The Hall–Kier alpha value is -3.15. The van der Waals surface area contributed by atoms with Crippen LogP contribution >= 0.6 is 0 Å². The van der Waals surface area contributed by atoms with Gasteiger partial charge < -0.3 is 9.30 Å². The van der Waals surface area contributed by atoms with Gasteiger partial charge in [0, 0.05) is 25.0 Å². The lowest BCUT2D eigenvalue weighted by Crippen LogP contribution is -2.45. The smallest absolute Gasteiger partial charge is 0.260 e. The first kappa shape index (κ1) is 19.2. The van der Waals surface area contributed by atoms with Crippen molar-refractivity contribution in [1.29, 1.82) is 0 Å². The van der Waals surface area contributed by atoms with Gasteiger partial charge in [-0.15, -0.1) is 0 Å². The number of pyridine rings is 1. The summed E-state index contributed by atoms with van der Waals surface area (Å²) >= 11 is 0. The third-order valence-electron chi connectivity index (χ3n) is 5.52. The van der Waals surface area contributed by atoms with Gasteiger partial charge >= 0.3 is 0 Å². The lowest BCUT2D eigenvalue weighted by Gasteiger charge is -2.30. The second kappa shape index (κ2) is 8.07. The number of aryl methyl sites for hydroxylation is 2. The number of piperidine rings is 1. The van der Waals surface area contributed by atoms with Gasteiger partial charge in [0.1, 0.15) is 12.4 Å². The number of carbonyl (C=O) groups excluding carboxylic acids is 2. The molecular formula is C23H26N4O2. The van der Waals surface area contributed by atoms with Gasteiger partial charge in [0.05, 0.1) is 17.3 Å². The number of aromatic nitrogens is 2. The third-order valence-corrected chi connectivity index (χ3v) is 5.52. The Bertz CT molecular complexity index is 1050. The van der Waals surface area contributed by atoms with E-state index in [0.29, 0.717) is 5.56 Å². The van der Waals surface area contributed by atoms with Crippen LogP contribution in [-0.2, 0) is 4.79 Å². The highest BCUT2D eigenvalue weighted by Gasteiger charge is 2.25. The Balaban J connectivity index is 1.67. The predicted molar refractivity (Wildman–Crippen MR) is 113 cm³/mol. The van der Waals surface area contributed by atoms with Crippen molar-refractivity contribution >= 4 is 23.0 Å². The van der Waals surface area contributed by atoms with Crippen molar-refractivity contribution < 1.29 is 9.59 Å². The highest BCUT2D eigenvalue weighted by molar-refractivity contribution is 6.08. The summed E-state index contributed by atoms with van der Waals surface area (Å²) < 4.78 is 1.90. The Kier molecular flexibility index (Phi) is 5.34. The van der Waals surface area contributed by atoms with E-state index in [-0.39, 0.29) is 18.4 Å². The molecule has 0 bridgehead atoms. The summed E-state index contributed by atoms with van der Waals surface area (Å²) in [5, 5.41) is 0. The number of benzene rings is 1. The number of hydrogen-bond acceptors (Lipinski definition) is 3. The topological polar surface area (TPSA) is 57.9 Å². The van der Waals surface area contributed by atoms with Crippen molar-refractivity contribution in [2.45, 2.75) is 33.1 Å². The number of anilines is 1. The summed E-state index contributed by atoms with van der Waals surface area (Å²) in [7, 11) is 0. The number of hydrogen-bond donors (Lipinski definition) is 0. The SMILES string of the molecule is Cc1cccc(N(CC(=O)N2CCCCC2)C(=O)c2ccc3cnc(C)n3c2)c1. The van der Waals surface area contributed by atoms with Crippen molar-refractivity contribution in [3.63, 3.8) is 0 Å². The quantitative estimate of drug-likeness (QED) is 0.684. The van der Waals surface area contributed by atoms with E-state index >= 15 is 0 Å². The minimum atomic E-state index is -0.184. The van der Waals surface area contributed by atoms with Gasteiger partial charge in [0.25, 0.3) is 5.91 Å². The Morgan fingerprint density at radius 1 is 1.07 bits per heavy atom. The fourth-order valence-corrected chi connectivity index (χ4v) is 3.86. The van der Waals surface area contributed by atoms with Crippen LogP contribution in [0.5, 0.6) is 0 Å². The fourth-order valence-electron chi connectivity index (χ4n) is 3.86. The zero-order valence-corrected chi connectivity index (χ0v) is 17.0. The lowest BCUT2D eigenvalue weighted by molar-refractivity contribution is -0.130. The van der Waals surface area contributed by atoms with E-state index in [1.807, 2.05) is 53.5 Å². The first-order chi connectivity index (χ1) is 14.0. The van der Waals surface area contributed by atoms with Gasteiger partial charge in [-0.1, -0.05) is 12.1 Å². The van der Waals surface area contributed by atoms with Crippen molar-refractivity contribution in [3.8, 4) is 0 Å². The van der Waals surface area contributed by atoms with Gasteiger partial charge in [0.15, 0.2) is 0 Å². The molecule has 3 aromatic rings. The Morgan fingerprint density at radius 2 is 1.86 bits per heavy atom.